The van der Waals surface area contributed by atoms with Crippen LogP contribution in [-0.4, -0.2) is 19.5 Å². The van der Waals surface area contributed by atoms with Crippen molar-refractivity contribution >= 4 is 0 Å². The fraction of sp³-hybridized carbons (Fsp3) is 1.00. The van der Waals surface area contributed by atoms with E-state index >= 15 is 0 Å². The highest BCUT2D eigenvalue weighted by molar-refractivity contribution is 4.53. The molecule has 1 aliphatic heterocycles. The Balaban J connectivity index is 0.000000561. The Hall–Kier alpha value is -0.0800. The third kappa shape index (κ3) is 5.56. The molecule has 74 valence electrons. The summed E-state index contributed by atoms with van der Waals surface area (Å²) in [5, 5.41) is 0. The molecule has 12 heavy (non-hydrogen) atoms. The van der Waals surface area contributed by atoms with E-state index in [9.17, 15) is 0 Å². The van der Waals surface area contributed by atoms with E-state index in [1.54, 1.807) is 0 Å². The van der Waals surface area contributed by atoms with Crippen LogP contribution >= 0.6 is 0 Å². The molecule has 1 atom stereocenters. The average molecular weight is 174 g/mol. The van der Waals surface area contributed by atoms with Gasteiger partial charge in [-0.15, -0.1) is 0 Å². The molecular formula is C10H22O2. The summed E-state index contributed by atoms with van der Waals surface area (Å²) in [5.74, 6) is 0. The zero-order valence-corrected chi connectivity index (χ0v) is 8.64. The lowest BCUT2D eigenvalue weighted by molar-refractivity contribution is -0.162. The maximum Gasteiger partial charge on any atom is 0.157 e. The highest BCUT2D eigenvalue weighted by Gasteiger charge is 2.12. The summed E-state index contributed by atoms with van der Waals surface area (Å²) in [7, 11) is 0. The van der Waals surface area contributed by atoms with Crippen LogP contribution in [0.4, 0.5) is 0 Å². The number of hydrogen-bond donors (Lipinski definition) is 0. The van der Waals surface area contributed by atoms with E-state index in [0.717, 1.165) is 26.1 Å². The van der Waals surface area contributed by atoms with Crippen LogP contribution in [0.2, 0.25) is 0 Å². The number of rotatable bonds is 3. The van der Waals surface area contributed by atoms with Crippen molar-refractivity contribution in [2.45, 2.75) is 52.7 Å². The van der Waals surface area contributed by atoms with E-state index in [1.807, 2.05) is 13.8 Å². The van der Waals surface area contributed by atoms with Crippen molar-refractivity contribution in [2.24, 2.45) is 0 Å². The first kappa shape index (κ1) is 11.9. The predicted molar refractivity (Wildman–Crippen MR) is 51.2 cm³/mol. The Bertz CT molecular complexity index is 77.9. The fourth-order valence-electron chi connectivity index (χ4n) is 1.09. The van der Waals surface area contributed by atoms with Gasteiger partial charge in [-0.05, 0) is 25.7 Å². The average Bonchev–Trinajstić information content (AvgIpc) is 2.19. The Kier molecular flexibility index (Phi) is 8.95. The van der Waals surface area contributed by atoms with Crippen LogP contribution in [-0.2, 0) is 9.47 Å². The summed E-state index contributed by atoms with van der Waals surface area (Å²) in [4.78, 5) is 0. The van der Waals surface area contributed by atoms with Crippen LogP contribution < -0.4 is 0 Å². The van der Waals surface area contributed by atoms with Gasteiger partial charge < -0.3 is 9.47 Å². The highest BCUT2D eigenvalue weighted by atomic mass is 16.7. The second-order valence-electron chi connectivity index (χ2n) is 2.67. The van der Waals surface area contributed by atoms with Gasteiger partial charge in [0.05, 0.1) is 0 Å². The SMILES string of the molecule is CC.CCCOC1CCCCO1. The van der Waals surface area contributed by atoms with Crippen LogP contribution in [0.25, 0.3) is 0 Å². The molecule has 0 aromatic rings. The Morgan fingerprint density at radius 1 is 1.33 bits per heavy atom. The van der Waals surface area contributed by atoms with Gasteiger partial charge in [-0.1, -0.05) is 20.8 Å². The Morgan fingerprint density at radius 3 is 2.58 bits per heavy atom. The van der Waals surface area contributed by atoms with Gasteiger partial charge in [-0.3, -0.25) is 0 Å². The topological polar surface area (TPSA) is 18.5 Å². The molecule has 2 heteroatoms. The molecule has 0 N–H and O–H groups in total. The second kappa shape index (κ2) is 9.01. The summed E-state index contributed by atoms with van der Waals surface area (Å²) in [6.45, 7) is 7.84. The van der Waals surface area contributed by atoms with Crippen LogP contribution in [0.5, 0.6) is 0 Å². The fourth-order valence-corrected chi connectivity index (χ4v) is 1.09. The molecule has 1 heterocycles. The molecular weight excluding hydrogens is 152 g/mol. The molecule has 1 saturated heterocycles. The molecule has 1 aliphatic rings. The van der Waals surface area contributed by atoms with Gasteiger partial charge >= 0.3 is 0 Å². The molecule has 0 aliphatic carbocycles. The zero-order chi connectivity index (χ0) is 9.23. The molecule has 0 bridgehead atoms. The third-order valence-corrected chi connectivity index (χ3v) is 1.65. The summed E-state index contributed by atoms with van der Waals surface area (Å²) in [5.41, 5.74) is 0. The first-order valence-electron chi connectivity index (χ1n) is 5.16. The Labute approximate surface area is 76.3 Å². The number of ether oxygens (including phenoxy) is 2. The molecule has 1 rings (SSSR count). The molecule has 0 amide bonds. The van der Waals surface area contributed by atoms with Crippen LogP contribution in [0.15, 0.2) is 0 Å². The van der Waals surface area contributed by atoms with E-state index in [4.69, 9.17) is 9.47 Å². The van der Waals surface area contributed by atoms with Crippen molar-refractivity contribution in [3.63, 3.8) is 0 Å². The summed E-state index contributed by atoms with van der Waals surface area (Å²) in [6.07, 6.45) is 4.73. The van der Waals surface area contributed by atoms with E-state index in [1.165, 1.54) is 12.8 Å². The molecule has 0 aromatic carbocycles. The maximum atomic E-state index is 5.41. The van der Waals surface area contributed by atoms with Crippen molar-refractivity contribution in [1.29, 1.82) is 0 Å². The van der Waals surface area contributed by atoms with Crippen molar-refractivity contribution in [3.05, 3.63) is 0 Å². The van der Waals surface area contributed by atoms with E-state index in [2.05, 4.69) is 6.92 Å². The van der Waals surface area contributed by atoms with Crippen molar-refractivity contribution in [3.8, 4) is 0 Å². The minimum Gasteiger partial charge on any atom is -0.353 e. The van der Waals surface area contributed by atoms with Gasteiger partial charge in [-0.2, -0.15) is 0 Å². The van der Waals surface area contributed by atoms with Gasteiger partial charge in [0.2, 0.25) is 0 Å². The van der Waals surface area contributed by atoms with Crippen LogP contribution in [0.3, 0.4) is 0 Å². The monoisotopic (exact) mass is 174 g/mol. The second-order valence-corrected chi connectivity index (χ2v) is 2.67. The summed E-state index contributed by atoms with van der Waals surface area (Å²) in [6, 6.07) is 0. The first-order valence-corrected chi connectivity index (χ1v) is 5.16. The van der Waals surface area contributed by atoms with Gasteiger partial charge in [0, 0.05) is 13.2 Å². The van der Waals surface area contributed by atoms with Gasteiger partial charge in [-0.25, -0.2) is 0 Å². The van der Waals surface area contributed by atoms with E-state index < -0.39 is 0 Å². The highest BCUT2D eigenvalue weighted by Crippen LogP contribution is 2.13. The zero-order valence-electron chi connectivity index (χ0n) is 8.64. The van der Waals surface area contributed by atoms with Crippen molar-refractivity contribution in [2.75, 3.05) is 13.2 Å². The standard InChI is InChI=1S/C8H16O2.C2H6/c1-2-6-9-8-5-3-4-7-10-8;1-2/h8H,2-7H2,1H3;1-2H3. The molecule has 0 radical (unpaired) electrons. The van der Waals surface area contributed by atoms with Gasteiger partial charge in [0.15, 0.2) is 6.29 Å². The number of hydrogen-bond acceptors (Lipinski definition) is 2. The lowest BCUT2D eigenvalue weighted by Gasteiger charge is -2.22. The third-order valence-electron chi connectivity index (χ3n) is 1.65. The molecule has 0 aromatic heterocycles. The smallest absolute Gasteiger partial charge is 0.157 e. The molecule has 1 fully saturated rings. The summed E-state index contributed by atoms with van der Waals surface area (Å²) < 4.78 is 10.8. The van der Waals surface area contributed by atoms with E-state index in [0.29, 0.717) is 0 Å². The van der Waals surface area contributed by atoms with E-state index in [-0.39, 0.29) is 6.29 Å². The largest absolute Gasteiger partial charge is 0.353 e. The molecule has 0 saturated carbocycles. The first-order chi connectivity index (χ1) is 5.93. The minimum absolute atomic E-state index is 0.105. The quantitative estimate of drug-likeness (QED) is 0.655. The van der Waals surface area contributed by atoms with Crippen LogP contribution in [0.1, 0.15) is 46.5 Å². The molecule has 2 nitrogen and oxygen atoms in total. The normalized spacial score (nSPS) is 22.8. The van der Waals surface area contributed by atoms with Crippen LogP contribution in [0, 0.1) is 0 Å². The summed E-state index contributed by atoms with van der Waals surface area (Å²) >= 11 is 0. The maximum absolute atomic E-state index is 5.41. The Morgan fingerprint density at radius 2 is 2.08 bits per heavy atom. The van der Waals surface area contributed by atoms with Gasteiger partial charge in [0.1, 0.15) is 0 Å². The van der Waals surface area contributed by atoms with Crippen molar-refractivity contribution < 1.29 is 9.47 Å². The predicted octanol–water partition coefficient (Wildman–Crippen LogP) is 2.97. The molecule has 1 unspecified atom stereocenters. The lowest BCUT2D eigenvalue weighted by atomic mass is 10.2. The van der Waals surface area contributed by atoms with Crippen molar-refractivity contribution in [1.82, 2.24) is 0 Å². The lowest BCUT2D eigenvalue weighted by Crippen LogP contribution is -2.22. The van der Waals surface area contributed by atoms with Gasteiger partial charge in [0.25, 0.3) is 0 Å². The minimum atomic E-state index is 0.105. The molecule has 0 spiro atoms.